The van der Waals surface area contributed by atoms with Crippen LogP contribution in [-0.2, 0) is 0 Å². The lowest BCUT2D eigenvalue weighted by atomic mass is 10.0. The Morgan fingerprint density at radius 3 is 0.686 bits per heavy atom. The van der Waals surface area contributed by atoms with Gasteiger partial charge >= 0.3 is 0 Å². The van der Waals surface area contributed by atoms with Crippen molar-refractivity contribution >= 4 is 176 Å². The third-order valence-corrected chi connectivity index (χ3v) is 23.5. The third kappa shape index (κ3) is 17.1. The summed E-state index contributed by atoms with van der Waals surface area (Å²) in [6, 6.07) is 167. The number of halogens is 1. The Bertz CT molecular complexity index is 6460. The molecule has 2 heterocycles. The summed E-state index contributed by atoms with van der Waals surface area (Å²) in [7, 11) is 0. The molecule has 568 valence electrons. The number of rotatable bonds is 19. The average molecular weight is 1620 g/mol. The Morgan fingerprint density at radius 2 is 0.390 bits per heavy atom. The van der Waals surface area contributed by atoms with Crippen LogP contribution < -0.4 is 29.8 Å². The summed E-state index contributed by atoms with van der Waals surface area (Å²) in [4.78, 5) is 11.6. The predicted molar refractivity (Wildman–Crippen MR) is 514 cm³/mol. The van der Waals surface area contributed by atoms with Gasteiger partial charge in [-0.05, 0) is 253 Å². The third-order valence-electron chi connectivity index (χ3n) is 20.7. The fourth-order valence-corrected chi connectivity index (χ4v) is 17.7. The Hall–Kier alpha value is -14.3. The van der Waals surface area contributed by atoms with Gasteiger partial charge in [-0.1, -0.05) is 266 Å². The first-order valence-electron chi connectivity index (χ1n) is 39.2. The lowest BCUT2D eigenvalue weighted by Crippen LogP contribution is -2.09. The van der Waals surface area contributed by atoms with E-state index in [-0.39, 0.29) is 7.43 Å². The summed E-state index contributed by atoms with van der Waals surface area (Å²) in [5.41, 5.74) is 24.0. The first kappa shape index (κ1) is 76.3. The van der Waals surface area contributed by atoms with Gasteiger partial charge in [-0.25, -0.2) is 0 Å². The molecule has 6 nitrogen and oxygen atoms in total. The normalized spacial score (nSPS) is 10.9. The maximum absolute atomic E-state index is 3.51. The number of benzene rings is 18. The molecule has 20 rings (SSSR count). The SMILES string of the molecule is Brc1ccc(-c2ccc(N(c3ccccc3)c3ccccc3)cc2)cc1.C.c1ccc(N(c2ccccc2)c2ccc(-c3ccc(N(c4ccccc4)c4ccc5c(c4)sc4ccc(N(c6ccccc6)c6ccccc6)cc45)cc3)cc2)cc1.c1ccc(Nc2ccc3c(c2)sc2ccc(N(c4ccccc4)c4ccccc4)cc23)cc1. The molecule has 0 aliphatic rings. The summed E-state index contributed by atoms with van der Waals surface area (Å²) in [6.45, 7) is 0. The summed E-state index contributed by atoms with van der Waals surface area (Å²) >= 11 is 7.18. The maximum atomic E-state index is 3.51. The molecule has 0 spiro atoms. The summed E-state index contributed by atoms with van der Waals surface area (Å²) in [5, 5.41) is 8.61. The van der Waals surface area contributed by atoms with Crippen LogP contribution in [0.25, 0.3) is 62.6 Å². The minimum atomic E-state index is 0. The van der Waals surface area contributed by atoms with Crippen LogP contribution in [0.5, 0.6) is 0 Å². The van der Waals surface area contributed by atoms with Crippen LogP contribution in [0.15, 0.2) is 478 Å². The van der Waals surface area contributed by atoms with Gasteiger partial charge in [0.2, 0.25) is 0 Å². The smallest absolute Gasteiger partial charge is 0.0476 e. The molecule has 18 aromatic carbocycles. The van der Waals surface area contributed by atoms with Crippen LogP contribution in [-0.4, -0.2) is 0 Å². The van der Waals surface area contributed by atoms with Gasteiger partial charge in [0.05, 0.1) is 0 Å². The Balaban J connectivity index is 0.000000140. The van der Waals surface area contributed by atoms with E-state index in [9.17, 15) is 0 Å². The monoisotopic (exact) mass is 1620 g/mol. The van der Waals surface area contributed by atoms with E-state index in [0.717, 1.165) is 101 Å². The Morgan fingerprint density at radius 1 is 0.169 bits per heavy atom. The molecule has 0 saturated carbocycles. The molecule has 0 amide bonds. The van der Waals surface area contributed by atoms with Crippen molar-refractivity contribution in [1.29, 1.82) is 0 Å². The molecule has 0 bridgehead atoms. The molecule has 0 aliphatic carbocycles. The molecule has 0 unspecified atom stereocenters. The number of nitrogens with one attached hydrogen (secondary N) is 1. The standard InChI is InChI=1S/C54H39N3S.C30H22N2S.C24H18BrN.CH4/c1-6-16-42(17-7-1)55(43-18-8-2-9-19-43)47-30-26-40(27-31-47)41-28-32-48(33-29-41)57(46-24-14-5-15-25-46)50-34-36-51-52-38-49(35-37-53(52)58-54(51)39-50)56(44-20-10-3-11-21-44)45-22-12-4-13-23-45;1-4-10-22(11-5-1)31-23-16-18-27-28-21-26(17-19-29(28)33-30(27)20-23)32(24-12-6-2-7-13-24)25-14-8-3-9-15-25;25-21-15-11-19(12-16-21)20-13-17-24(18-14-20)26(22-7-3-1-4-8-22)23-9-5-2-6-10-23;/h1-39H;1-21,31H;1-18H;1H4. The van der Waals surface area contributed by atoms with Crippen molar-refractivity contribution in [2.75, 3.05) is 29.8 Å². The first-order chi connectivity index (χ1) is 57.9. The van der Waals surface area contributed by atoms with Gasteiger partial charge in [-0.3, -0.25) is 0 Å². The van der Waals surface area contributed by atoms with E-state index in [4.69, 9.17) is 0 Å². The van der Waals surface area contributed by atoms with E-state index in [2.05, 4.69) is 489 Å². The minimum absolute atomic E-state index is 0. The lowest BCUT2D eigenvalue weighted by Gasteiger charge is -2.26. The Kier molecular flexibility index (Phi) is 23.3. The van der Waals surface area contributed by atoms with Crippen molar-refractivity contribution in [3.63, 3.8) is 0 Å². The number of para-hydroxylation sites is 10. The quantitative estimate of drug-likeness (QED) is 0.0868. The highest BCUT2D eigenvalue weighted by Gasteiger charge is 2.21. The number of fused-ring (bicyclic) bond motifs is 6. The molecule has 118 heavy (non-hydrogen) atoms. The van der Waals surface area contributed by atoms with Gasteiger partial charge in [0.25, 0.3) is 0 Å². The molecule has 9 heteroatoms. The fourth-order valence-electron chi connectivity index (χ4n) is 15.2. The second-order valence-electron chi connectivity index (χ2n) is 28.3. The van der Waals surface area contributed by atoms with Crippen molar-refractivity contribution in [2.45, 2.75) is 7.43 Å². The van der Waals surface area contributed by atoms with Crippen LogP contribution in [0.2, 0.25) is 0 Å². The summed E-state index contributed by atoms with van der Waals surface area (Å²) in [5.74, 6) is 0. The van der Waals surface area contributed by atoms with Crippen LogP contribution >= 0.6 is 38.6 Å². The van der Waals surface area contributed by atoms with Gasteiger partial charge in [-0.15, -0.1) is 22.7 Å². The first-order valence-corrected chi connectivity index (χ1v) is 41.6. The predicted octanol–water partition coefficient (Wildman–Crippen LogP) is 33.6. The van der Waals surface area contributed by atoms with Gasteiger partial charge in [-0.2, -0.15) is 0 Å². The van der Waals surface area contributed by atoms with E-state index in [1.807, 2.05) is 53.0 Å². The van der Waals surface area contributed by atoms with Crippen LogP contribution in [0.4, 0.5) is 96.7 Å². The largest absolute Gasteiger partial charge is 0.355 e. The zero-order valence-electron chi connectivity index (χ0n) is 64.0. The second kappa shape index (κ2) is 36.0. The van der Waals surface area contributed by atoms with Crippen LogP contribution in [0.1, 0.15) is 7.43 Å². The van der Waals surface area contributed by atoms with Crippen LogP contribution in [0.3, 0.4) is 0 Å². The topological polar surface area (TPSA) is 28.2 Å². The minimum Gasteiger partial charge on any atom is -0.355 e. The number of anilines is 17. The highest BCUT2D eigenvalue weighted by atomic mass is 79.9. The van der Waals surface area contributed by atoms with Crippen molar-refractivity contribution in [1.82, 2.24) is 0 Å². The molecule has 0 atom stereocenters. The highest BCUT2D eigenvalue weighted by Crippen LogP contribution is 2.47. The Labute approximate surface area is 707 Å². The lowest BCUT2D eigenvalue weighted by molar-refractivity contribution is 1.28. The highest BCUT2D eigenvalue weighted by molar-refractivity contribution is 9.10. The molecular formula is C109H83BrN6S2. The molecule has 20 aromatic rings. The van der Waals surface area contributed by atoms with Crippen molar-refractivity contribution < 1.29 is 0 Å². The number of thiophene rings is 2. The van der Waals surface area contributed by atoms with E-state index in [0.29, 0.717) is 0 Å². The number of nitrogens with zero attached hydrogens (tertiary/aromatic N) is 5. The molecule has 2 aromatic heterocycles. The number of hydrogen-bond acceptors (Lipinski definition) is 8. The summed E-state index contributed by atoms with van der Waals surface area (Å²) in [6.07, 6.45) is 0. The van der Waals surface area contributed by atoms with Gasteiger partial charge in [0.15, 0.2) is 0 Å². The summed E-state index contributed by atoms with van der Waals surface area (Å²) < 4.78 is 6.21. The van der Waals surface area contributed by atoms with Gasteiger partial charge < -0.3 is 29.8 Å². The zero-order chi connectivity index (χ0) is 78.5. The molecular weight excluding hydrogens is 1540 g/mol. The maximum Gasteiger partial charge on any atom is 0.0476 e. The van der Waals surface area contributed by atoms with E-state index in [1.165, 1.54) is 62.6 Å². The molecule has 0 radical (unpaired) electrons. The molecule has 0 fully saturated rings. The van der Waals surface area contributed by atoms with E-state index in [1.54, 1.807) is 0 Å². The van der Waals surface area contributed by atoms with Gasteiger partial charge in [0.1, 0.15) is 0 Å². The molecule has 0 saturated heterocycles. The fraction of sp³-hybridized carbons (Fsp3) is 0.00917. The second-order valence-corrected chi connectivity index (χ2v) is 31.4. The van der Waals surface area contributed by atoms with Crippen molar-refractivity contribution in [3.8, 4) is 22.3 Å². The average Bonchev–Trinajstić information content (AvgIpc) is 1.61. The zero-order valence-corrected chi connectivity index (χ0v) is 67.2. The van der Waals surface area contributed by atoms with Crippen molar-refractivity contribution in [3.05, 3.63) is 478 Å². The van der Waals surface area contributed by atoms with Crippen LogP contribution in [0, 0.1) is 0 Å². The van der Waals surface area contributed by atoms with Gasteiger partial charge in [0, 0.05) is 142 Å². The number of hydrogen-bond donors (Lipinski definition) is 1. The molecule has 1 N–H and O–H groups in total. The van der Waals surface area contributed by atoms with E-state index < -0.39 is 0 Å². The molecule has 0 aliphatic heterocycles. The van der Waals surface area contributed by atoms with E-state index >= 15 is 0 Å². The van der Waals surface area contributed by atoms with Crippen molar-refractivity contribution in [2.24, 2.45) is 0 Å².